The molecule has 0 aliphatic heterocycles. The van der Waals surface area contributed by atoms with E-state index in [1.54, 1.807) is 0 Å². The van der Waals surface area contributed by atoms with Gasteiger partial charge in [0.2, 0.25) is 10.0 Å². The van der Waals surface area contributed by atoms with Crippen LogP contribution in [0.2, 0.25) is 0 Å². The summed E-state index contributed by atoms with van der Waals surface area (Å²) >= 11 is 0. The molecule has 4 nitrogen and oxygen atoms in total. The van der Waals surface area contributed by atoms with Crippen molar-refractivity contribution in [2.24, 2.45) is 17.6 Å². The lowest BCUT2D eigenvalue weighted by molar-refractivity contribution is 0.168. The van der Waals surface area contributed by atoms with Crippen molar-refractivity contribution in [1.82, 2.24) is 4.72 Å². The maximum Gasteiger partial charge on any atom is 0.208 e. The second kappa shape index (κ2) is 14.9. The van der Waals surface area contributed by atoms with Crippen LogP contribution in [-0.2, 0) is 10.0 Å². The molecule has 7 heteroatoms. The number of nitrogens with two attached hydrogens (primary N) is 1. The average molecular weight is 389 g/mol. The molecule has 0 aromatic heterocycles. The van der Waals surface area contributed by atoms with Gasteiger partial charge in [-0.15, -0.1) is 0 Å². The van der Waals surface area contributed by atoms with Gasteiger partial charge in [0, 0.05) is 18.4 Å². The van der Waals surface area contributed by atoms with Gasteiger partial charge in [-0.05, 0) is 32.2 Å². The number of rotatable bonds is 4. The Morgan fingerprint density at radius 3 is 1.60 bits per heavy atom. The second-order valence-electron chi connectivity index (χ2n) is 6.48. The standard InChI is InChI=1S/C8H16FNO2S.C7H14FN.3CH4/c1-13(11,12)10-6-7-4-2-3-5-8(7)9;8-7-4-2-1-3-6(7)5-9;;;/h7-8,10H,2-6H2,1H3;6-7H,1-5,9H2;3*1H4. The van der Waals surface area contributed by atoms with Gasteiger partial charge in [-0.25, -0.2) is 21.9 Å². The van der Waals surface area contributed by atoms with Gasteiger partial charge in [-0.1, -0.05) is 48.0 Å². The zero-order valence-electron chi connectivity index (χ0n) is 13.4. The van der Waals surface area contributed by atoms with Crippen molar-refractivity contribution in [2.75, 3.05) is 19.3 Å². The van der Waals surface area contributed by atoms with E-state index < -0.39 is 22.4 Å². The van der Waals surface area contributed by atoms with Crippen LogP contribution in [0.15, 0.2) is 0 Å². The molecule has 2 rings (SSSR count). The second-order valence-corrected chi connectivity index (χ2v) is 8.31. The summed E-state index contributed by atoms with van der Waals surface area (Å²) < 4.78 is 49.8. The van der Waals surface area contributed by atoms with Gasteiger partial charge in [0.25, 0.3) is 0 Å². The van der Waals surface area contributed by atoms with Gasteiger partial charge < -0.3 is 5.73 Å². The largest absolute Gasteiger partial charge is 0.330 e. The van der Waals surface area contributed by atoms with Gasteiger partial charge >= 0.3 is 0 Å². The van der Waals surface area contributed by atoms with Crippen molar-refractivity contribution in [2.45, 2.75) is 86.0 Å². The summed E-state index contributed by atoms with van der Waals surface area (Å²) in [4.78, 5) is 0. The molecule has 0 amide bonds. The molecule has 2 saturated carbocycles. The molecule has 0 aromatic carbocycles. The molecule has 3 N–H and O–H groups in total. The minimum atomic E-state index is -3.16. The molecule has 0 spiro atoms. The first-order valence-electron chi connectivity index (χ1n) is 8.26. The molecule has 4 atom stereocenters. The quantitative estimate of drug-likeness (QED) is 0.747. The Hall–Kier alpha value is -0.270. The van der Waals surface area contributed by atoms with Gasteiger partial charge in [0.05, 0.1) is 6.26 Å². The summed E-state index contributed by atoms with van der Waals surface area (Å²) in [6.45, 7) is 0.779. The summed E-state index contributed by atoms with van der Waals surface area (Å²) in [5.74, 6) is 0.0437. The summed E-state index contributed by atoms with van der Waals surface area (Å²) in [6.07, 6.45) is 6.93. The Morgan fingerprint density at radius 2 is 1.28 bits per heavy atom. The molecule has 0 aromatic rings. The van der Waals surface area contributed by atoms with Crippen LogP contribution in [0.4, 0.5) is 8.78 Å². The molecule has 2 aliphatic rings. The van der Waals surface area contributed by atoms with E-state index in [-0.39, 0.29) is 40.7 Å². The van der Waals surface area contributed by atoms with Crippen molar-refractivity contribution in [3.8, 4) is 0 Å². The Bertz CT molecular complexity index is 408. The van der Waals surface area contributed by atoms with Crippen LogP contribution in [0, 0.1) is 11.8 Å². The van der Waals surface area contributed by atoms with Crippen LogP contribution < -0.4 is 10.5 Å². The third-order valence-corrected chi connectivity index (χ3v) is 5.23. The molecular weight excluding hydrogens is 346 g/mol. The predicted molar refractivity (Wildman–Crippen MR) is 106 cm³/mol. The number of hydrogen-bond donors (Lipinski definition) is 2. The number of nitrogens with one attached hydrogen (secondary N) is 1. The minimum Gasteiger partial charge on any atom is -0.330 e. The highest BCUT2D eigenvalue weighted by atomic mass is 32.2. The van der Waals surface area contributed by atoms with E-state index in [1.807, 2.05) is 0 Å². The van der Waals surface area contributed by atoms with Crippen molar-refractivity contribution in [1.29, 1.82) is 0 Å². The Labute approximate surface area is 155 Å². The van der Waals surface area contributed by atoms with E-state index in [9.17, 15) is 17.2 Å². The minimum absolute atomic E-state index is 0. The van der Waals surface area contributed by atoms with E-state index >= 15 is 0 Å². The molecule has 0 radical (unpaired) electrons. The smallest absolute Gasteiger partial charge is 0.208 e. The van der Waals surface area contributed by atoms with Crippen LogP contribution in [0.1, 0.15) is 73.6 Å². The molecule has 0 saturated heterocycles. The van der Waals surface area contributed by atoms with Crippen LogP contribution in [0.25, 0.3) is 0 Å². The number of hydrogen-bond acceptors (Lipinski definition) is 3. The zero-order valence-corrected chi connectivity index (χ0v) is 14.3. The predicted octanol–water partition coefficient (Wildman–Crippen LogP) is 4.45. The zero-order chi connectivity index (χ0) is 16.6. The van der Waals surface area contributed by atoms with Crippen molar-refractivity contribution >= 4 is 10.0 Å². The maximum atomic E-state index is 13.2. The van der Waals surface area contributed by atoms with Gasteiger partial charge in [-0.2, -0.15) is 0 Å². The van der Waals surface area contributed by atoms with Gasteiger partial charge in [-0.3, -0.25) is 0 Å². The molecule has 2 aliphatic carbocycles. The van der Waals surface area contributed by atoms with E-state index in [2.05, 4.69) is 4.72 Å². The highest BCUT2D eigenvalue weighted by molar-refractivity contribution is 7.88. The molecule has 0 heterocycles. The van der Waals surface area contributed by atoms with E-state index in [4.69, 9.17) is 5.73 Å². The van der Waals surface area contributed by atoms with Gasteiger partial charge in [0.15, 0.2) is 0 Å². The Balaban J connectivity index is -0.000000362. The first-order valence-corrected chi connectivity index (χ1v) is 10.2. The normalized spacial score (nSPS) is 29.0. The average Bonchev–Trinajstić information content (AvgIpc) is 2.47. The molecule has 2 fully saturated rings. The van der Waals surface area contributed by atoms with Crippen molar-refractivity contribution in [3.63, 3.8) is 0 Å². The summed E-state index contributed by atoms with van der Waals surface area (Å²) in [5.41, 5.74) is 5.35. The molecule has 25 heavy (non-hydrogen) atoms. The van der Waals surface area contributed by atoms with Gasteiger partial charge in [0.1, 0.15) is 12.3 Å². The van der Waals surface area contributed by atoms with E-state index in [0.717, 1.165) is 44.8 Å². The fourth-order valence-electron chi connectivity index (χ4n) is 3.08. The Morgan fingerprint density at radius 1 is 0.880 bits per heavy atom. The summed E-state index contributed by atoms with van der Waals surface area (Å²) in [6, 6.07) is 0. The lowest BCUT2D eigenvalue weighted by Gasteiger charge is -2.25. The fraction of sp³-hybridized carbons (Fsp3) is 1.00. The third-order valence-electron chi connectivity index (χ3n) is 4.54. The lowest BCUT2D eigenvalue weighted by Crippen LogP contribution is -2.34. The highest BCUT2D eigenvalue weighted by Crippen LogP contribution is 2.26. The number of halogens is 2. The molecule has 0 bridgehead atoms. The summed E-state index contributed by atoms with van der Waals surface area (Å²) in [5, 5.41) is 0. The monoisotopic (exact) mass is 388 g/mol. The highest BCUT2D eigenvalue weighted by Gasteiger charge is 2.25. The maximum absolute atomic E-state index is 13.2. The first kappa shape index (κ1) is 29.5. The number of sulfonamides is 1. The van der Waals surface area contributed by atoms with E-state index in [1.165, 1.54) is 6.42 Å². The molecular formula is C18H42F2N2O2S. The van der Waals surface area contributed by atoms with Crippen LogP contribution >= 0.6 is 0 Å². The summed E-state index contributed by atoms with van der Waals surface area (Å²) in [7, 11) is -3.16. The van der Waals surface area contributed by atoms with Crippen LogP contribution in [-0.4, -0.2) is 40.1 Å². The lowest BCUT2D eigenvalue weighted by atomic mass is 9.88. The van der Waals surface area contributed by atoms with Crippen molar-refractivity contribution in [3.05, 3.63) is 0 Å². The van der Waals surface area contributed by atoms with Crippen molar-refractivity contribution < 1.29 is 17.2 Å². The van der Waals surface area contributed by atoms with E-state index in [0.29, 0.717) is 13.0 Å². The number of alkyl halides is 2. The topological polar surface area (TPSA) is 72.2 Å². The fourth-order valence-corrected chi connectivity index (χ4v) is 3.60. The first-order chi connectivity index (χ1) is 10.3. The van der Waals surface area contributed by atoms with Crippen LogP contribution in [0.5, 0.6) is 0 Å². The van der Waals surface area contributed by atoms with Crippen LogP contribution in [0.3, 0.4) is 0 Å². The molecule has 156 valence electrons. The third kappa shape index (κ3) is 12.7. The molecule has 4 unspecified atom stereocenters. The SMILES string of the molecule is C.C.C.CS(=O)(=O)NCC1CCCCC1F.NCC1CCCCC1F. The Kier molecular flexibility index (Phi) is 17.5.